The highest BCUT2D eigenvalue weighted by Gasteiger charge is 2.46. The molecule has 0 bridgehead atoms. The first-order valence-corrected chi connectivity index (χ1v) is 6.80. The number of hydrogen-bond acceptors (Lipinski definition) is 2. The third-order valence-electron chi connectivity index (χ3n) is 4.64. The third-order valence-corrected chi connectivity index (χ3v) is 4.64. The van der Waals surface area contributed by atoms with E-state index < -0.39 is 5.60 Å². The van der Waals surface area contributed by atoms with Crippen molar-refractivity contribution in [3.05, 3.63) is 47.2 Å². The first-order chi connectivity index (χ1) is 9.09. The average Bonchev–Trinajstić information content (AvgIpc) is 2.76. The van der Waals surface area contributed by atoms with Crippen LogP contribution < -0.4 is 0 Å². The maximum Gasteiger partial charge on any atom is 0.124 e. The molecule has 3 nitrogen and oxygen atoms in total. The number of H-pyrrole nitrogens is 1. The highest BCUT2D eigenvalue weighted by molar-refractivity contribution is 5.89. The maximum absolute atomic E-state index is 11.3. The normalized spacial score (nSPS) is 30.3. The molecule has 98 valence electrons. The summed E-state index contributed by atoms with van der Waals surface area (Å²) in [5.41, 5.74) is 3.87. The molecule has 1 aliphatic carbocycles. The highest BCUT2D eigenvalue weighted by atomic mass is 16.3. The van der Waals surface area contributed by atoms with Crippen molar-refractivity contribution in [1.29, 1.82) is 0 Å². The Labute approximate surface area is 112 Å². The molecule has 2 aliphatic rings. The molecular weight excluding hydrogens is 236 g/mol. The van der Waals surface area contributed by atoms with Crippen molar-refractivity contribution in [2.45, 2.75) is 25.0 Å². The third kappa shape index (κ3) is 1.34. The predicted molar refractivity (Wildman–Crippen MR) is 76.1 cm³/mol. The summed E-state index contributed by atoms with van der Waals surface area (Å²) in [6, 6.07) is 6.30. The zero-order valence-corrected chi connectivity index (χ0v) is 11.3. The van der Waals surface area contributed by atoms with Gasteiger partial charge in [-0.15, -0.1) is 0 Å². The number of nitrogens with zero attached hydrogens (tertiary/aromatic N) is 1. The molecule has 0 amide bonds. The number of rotatable bonds is 0. The lowest BCUT2D eigenvalue weighted by atomic mass is 9.73. The van der Waals surface area contributed by atoms with Crippen LogP contribution in [0.5, 0.6) is 0 Å². The Morgan fingerprint density at radius 2 is 2.26 bits per heavy atom. The van der Waals surface area contributed by atoms with E-state index in [1.54, 1.807) is 0 Å². The lowest BCUT2D eigenvalue weighted by Crippen LogP contribution is -2.54. The summed E-state index contributed by atoms with van der Waals surface area (Å²) in [5.74, 6) is 0. The number of benzene rings is 1. The fourth-order valence-corrected chi connectivity index (χ4v) is 3.88. The quantitative estimate of drug-likeness (QED) is 0.707. The predicted octanol–water partition coefficient (Wildman–Crippen LogP) is 2.17. The zero-order chi connectivity index (χ0) is 13.2. The van der Waals surface area contributed by atoms with Gasteiger partial charge in [-0.3, -0.25) is 4.90 Å². The van der Waals surface area contributed by atoms with Crippen molar-refractivity contribution in [3.8, 4) is 0 Å². The molecule has 2 N–H and O–H groups in total. The molecule has 2 unspecified atom stereocenters. The number of hydrogen-bond donors (Lipinski definition) is 2. The van der Waals surface area contributed by atoms with Gasteiger partial charge >= 0.3 is 0 Å². The second-order valence-corrected chi connectivity index (χ2v) is 5.99. The minimum absolute atomic E-state index is 0.130. The number of likely N-dealkylation sites (N-methyl/N-ethyl adjacent to an activating group) is 1. The summed E-state index contributed by atoms with van der Waals surface area (Å²) in [6.07, 6.45) is 5.04. The molecule has 19 heavy (non-hydrogen) atoms. The standard InChI is InChI=1S/C16H18N2O/c1-10-7-16(19)12-4-3-5-13-15(12)11(8-17-13)6-14(16)18(2)9-10/h3-5,7-8,14,17,19H,6,9H2,1-2H3. The van der Waals surface area contributed by atoms with E-state index in [-0.39, 0.29) is 6.04 Å². The Morgan fingerprint density at radius 1 is 1.42 bits per heavy atom. The van der Waals surface area contributed by atoms with Gasteiger partial charge in [-0.25, -0.2) is 0 Å². The highest BCUT2D eigenvalue weighted by Crippen LogP contribution is 2.44. The molecule has 0 spiro atoms. The summed E-state index contributed by atoms with van der Waals surface area (Å²) in [5, 5.41) is 12.5. The Hall–Kier alpha value is -1.58. The van der Waals surface area contributed by atoms with E-state index >= 15 is 0 Å². The van der Waals surface area contributed by atoms with E-state index in [2.05, 4.69) is 48.3 Å². The Morgan fingerprint density at radius 3 is 3.11 bits per heavy atom. The van der Waals surface area contributed by atoms with Crippen LogP contribution in [0.4, 0.5) is 0 Å². The van der Waals surface area contributed by atoms with Crippen LogP contribution >= 0.6 is 0 Å². The minimum Gasteiger partial charge on any atom is -0.379 e. The number of fused-ring (bicyclic) bond motifs is 2. The molecule has 2 heterocycles. The van der Waals surface area contributed by atoms with Crippen LogP contribution in [0, 0.1) is 0 Å². The molecule has 0 saturated heterocycles. The molecule has 0 fully saturated rings. The zero-order valence-electron chi connectivity index (χ0n) is 11.3. The molecule has 1 aromatic heterocycles. The summed E-state index contributed by atoms with van der Waals surface area (Å²) in [7, 11) is 2.10. The topological polar surface area (TPSA) is 39.3 Å². The Balaban J connectivity index is 2.06. The molecule has 0 saturated carbocycles. The molecule has 3 heteroatoms. The van der Waals surface area contributed by atoms with Crippen molar-refractivity contribution in [2.75, 3.05) is 13.6 Å². The van der Waals surface area contributed by atoms with Crippen LogP contribution in [0.3, 0.4) is 0 Å². The largest absolute Gasteiger partial charge is 0.379 e. The Bertz CT molecular complexity index is 700. The summed E-state index contributed by atoms with van der Waals surface area (Å²) in [4.78, 5) is 5.59. The van der Waals surface area contributed by atoms with Crippen molar-refractivity contribution in [1.82, 2.24) is 9.88 Å². The first kappa shape index (κ1) is 11.3. The maximum atomic E-state index is 11.3. The molecule has 1 aliphatic heterocycles. The lowest BCUT2D eigenvalue weighted by Gasteiger charge is -2.46. The van der Waals surface area contributed by atoms with E-state index in [4.69, 9.17) is 0 Å². The fraction of sp³-hybridized carbons (Fsp3) is 0.375. The molecule has 2 atom stereocenters. The molecule has 1 aromatic carbocycles. The van der Waals surface area contributed by atoms with Crippen LogP contribution in [-0.4, -0.2) is 34.6 Å². The monoisotopic (exact) mass is 254 g/mol. The van der Waals surface area contributed by atoms with Gasteiger partial charge in [0.15, 0.2) is 0 Å². The number of aromatic amines is 1. The molecular formula is C16H18N2O. The van der Waals surface area contributed by atoms with Crippen LogP contribution in [0.1, 0.15) is 18.1 Å². The van der Waals surface area contributed by atoms with Crippen molar-refractivity contribution in [3.63, 3.8) is 0 Å². The number of nitrogens with one attached hydrogen (secondary N) is 1. The van der Waals surface area contributed by atoms with Gasteiger partial charge in [0.05, 0.1) is 6.04 Å². The summed E-state index contributed by atoms with van der Waals surface area (Å²) >= 11 is 0. The van der Waals surface area contributed by atoms with Gasteiger partial charge in [0.25, 0.3) is 0 Å². The lowest BCUT2D eigenvalue weighted by molar-refractivity contribution is -0.0139. The number of aromatic nitrogens is 1. The minimum atomic E-state index is -0.855. The average molecular weight is 254 g/mol. The van der Waals surface area contributed by atoms with Crippen molar-refractivity contribution >= 4 is 10.9 Å². The summed E-state index contributed by atoms with van der Waals surface area (Å²) < 4.78 is 0. The smallest absolute Gasteiger partial charge is 0.124 e. The second kappa shape index (κ2) is 3.50. The first-order valence-electron chi connectivity index (χ1n) is 6.80. The van der Waals surface area contributed by atoms with E-state index in [1.165, 1.54) is 16.5 Å². The molecule has 4 rings (SSSR count). The van der Waals surface area contributed by atoms with Gasteiger partial charge in [0.2, 0.25) is 0 Å². The SMILES string of the molecule is CC1=CC2(O)c3cccc4[nH]cc(c34)CC2N(C)C1. The fourth-order valence-electron chi connectivity index (χ4n) is 3.88. The van der Waals surface area contributed by atoms with Crippen LogP contribution in [-0.2, 0) is 12.0 Å². The number of aliphatic hydroxyl groups is 1. The van der Waals surface area contributed by atoms with Crippen LogP contribution in [0.2, 0.25) is 0 Å². The molecule has 2 aromatic rings. The van der Waals surface area contributed by atoms with Gasteiger partial charge in [-0.05, 0) is 43.7 Å². The van der Waals surface area contributed by atoms with E-state index in [1.807, 2.05) is 6.07 Å². The van der Waals surface area contributed by atoms with E-state index in [0.29, 0.717) is 0 Å². The van der Waals surface area contributed by atoms with Gasteiger partial charge in [-0.1, -0.05) is 17.7 Å². The van der Waals surface area contributed by atoms with Crippen LogP contribution in [0.25, 0.3) is 10.9 Å². The second-order valence-electron chi connectivity index (χ2n) is 5.99. The van der Waals surface area contributed by atoms with Gasteiger partial charge in [-0.2, -0.15) is 0 Å². The van der Waals surface area contributed by atoms with Crippen molar-refractivity contribution in [2.24, 2.45) is 0 Å². The Kier molecular flexibility index (Phi) is 2.07. The molecule has 0 radical (unpaired) electrons. The van der Waals surface area contributed by atoms with E-state index in [0.717, 1.165) is 24.0 Å². The van der Waals surface area contributed by atoms with Gasteiger partial charge in [0.1, 0.15) is 5.60 Å². The van der Waals surface area contributed by atoms with Gasteiger partial charge in [0, 0.05) is 23.6 Å². The van der Waals surface area contributed by atoms with Gasteiger partial charge < -0.3 is 10.1 Å². The van der Waals surface area contributed by atoms with E-state index in [9.17, 15) is 5.11 Å². The van der Waals surface area contributed by atoms with Crippen LogP contribution in [0.15, 0.2) is 36.0 Å². The van der Waals surface area contributed by atoms with Crippen molar-refractivity contribution < 1.29 is 5.11 Å². The summed E-state index contributed by atoms with van der Waals surface area (Å²) in [6.45, 7) is 3.03.